The Morgan fingerprint density at radius 2 is 2.32 bits per heavy atom. The molecule has 6 heteroatoms. The van der Waals surface area contributed by atoms with Gasteiger partial charge in [-0.25, -0.2) is 4.98 Å². The summed E-state index contributed by atoms with van der Waals surface area (Å²) in [7, 11) is 1.59. The summed E-state index contributed by atoms with van der Waals surface area (Å²) in [6.45, 7) is 1.03. The van der Waals surface area contributed by atoms with Crippen molar-refractivity contribution in [3.63, 3.8) is 0 Å². The smallest absolute Gasteiger partial charge is 0.184 e. The average Bonchev–Trinajstić information content (AvgIpc) is 3.09. The van der Waals surface area contributed by atoms with E-state index in [1.165, 1.54) is 6.42 Å². The fraction of sp³-hybridized carbons (Fsp3) is 0.385. The molecule has 0 unspecified atom stereocenters. The van der Waals surface area contributed by atoms with Crippen LogP contribution in [0.5, 0.6) is 5.75 Å². The molecular weight excluding hydrogens is 264 g/mol. The van der Waals surface area contributed by atoms with Crippen LogP contribution in [-0.4, -0.2) is 28.8 Å². The van der Waals surface area contributed by atoms with Gasteiger partial charge in [0, 0.05) is 0 Å². The molecule has 100 valence electrons. The maximum absolute atomic E-state index is 6.11. The van der Waals surface area contributed by atoms with Crippen LogP contribution in [0.1, 0.15) is 24.7 Å². The lowest BCUT2D eigenvalue weighted by Gasteiger charge is -2.07. The first-order valence-electron chi connectivity index (χ1n) is 6.28. The van der Waals surface area contributed by atoms with Crippen LogP contribution in [0.25, 0.3) is 11.4 Å². The minimum atomic E-state index is 0.270. The van der Waals surface area contributed by atoms with Crippen molar-refractivity contribution in [2.24, 2.45) is 0 Å². The molecule has 19 heavy (non-hydrogen) atoms. The Morgan fingerprint density at radius 1 is 1.42 bits per heavy atom. The largest absolute Gasteiger partial charge is 0.494 e. The lowest BCUT2D eigenvalue weighted by Crippen LogP contribution is -2.14. The molecule has 0 bridgehead atoms. The van der Waals surface area contributed by atoms with E-state index in [1.807, 2.05) is 12.1 Å². The number of methoxy groups -OCH3 is 1. The van der Waals surface area contributed by atoms with Crippen molar-refractivity contribution in [1.29, 1.82) is 0 Å². The Hall–Kier alpha value is -1.59. The molecular formula is C13H15ClN4O. The maximum Gasteiger partial charge on any atom is 0.184 e. The molecule has 2 aromatic rings. The molecule has 2 N–H and O–H groups in total. The Bertz CT molecular complexity index is 578. The number of nitrogens with zero attached hydrogens (tertiary/aromatic N) is 2. The third-order valence-electron chi connectivity index (χ3n) is 3.31. The summed E-state index contributed by atoms with van der Waals surface area (Å²) in [6.07, 6.45) is 2.25. The molecule has 0 amide bonds. The van der Waals surface area contributed by atoms with Gasteiger partial charge in [0.05, 0.1) is 23.7 Å². The number of rotatable bonds is 3. The van der Waals surface area contributed by atoms with Crippen LogP contribution >= 0.6 is 11.6 Å². The van der Waals surface area contributed by atoms with E-state index >= 15 is 0 Å². The van der Waals surface area contributed by atoms with Crippen molar-refractivity contribution < 1.29 is 4.74 Å². The average molecular weight is 279 g/mol. The molecule has 1 aromatic carbocycles. The van der Waals surface area contributed by atoms with Crippen molar-refractivity contribution in [3.8, 4) is 17.1 Å². The van der Waals surface area contributed by atoms with Crippen molar-refractivity contribution in [2.45, 2.75) is 18.9 Å². The van der Waals surface area contributed by atoms with Crippen molar-refractivity contribution in [1.82, 2.24) is 20.5 Å². The van der Waals surface area contributed by atoms with Crippen LogP contribution in [0, 0.1) is 0 Å². The molecule has 5 nitrogen and oxygen atoms in total. The zero-order valence-electron chi connectivity index (χ0n) is 10.6. The quantitative estimate of drug-likeness (QED) is 0.906. The minimum absolute atomic E-state index is 0.270. The molecule has 0 saturated carbocycles. The molecule has 1 aliphatic rings. The zero-order valence-corrected chi connectivity index (χ0v) is 11.4. The molecule has 2 heterocycles. The summed E-state index contributed by atoms with van der Waals surface area (Å²) in [6, 6.07) is 5.83. The molecule has 1 aliphatic heterocycles. The van der Waals surface area contributed by atoms with Gasteiger partial charge < -0.3 is 10.1 Å². The molecule has 1 aromatic heterocycles. The number of halogens is 1. The lowest BCUT2D eigenvalue weighted by atomic mass is 10.2. The zero-order chi connectivity index (χ0) is 13.2. The van der Waals surface area contributed by atoms with Crippen molar-refractivity contribution in [3.05, 3.63) is 29.0 Å². The Labute approximate surface area is 116 Å². The predicted octanol–water partition coefficient (Wildman–Crippen LogP) is 2.56. The second-order valence-corrected chi connectivity index (χ2v) is 4.92. The van der Waals surface area contributed by atoms with Gasteiger partial charge in [-0.05, 0) is 31.5 Å². The third-order valence-corrected chi connectivity index (χ3v) is 3.60. The number of H-pyrrole nitrogens is 1. The van der Waals surface area contributed by atoms with E-state index in [0.29, 0.717) is 16.6 Å². The highest BCUT2D eigenvalue weighted by Gasteiger charge is 2.21. The van der Waals surface area contributed by atoms with Crippen molar-refractivity contribution in [2.75, 3.05) is 13.7 Å². The van der Waals surface area contributed by atoms with Gasteiger partial charge in [-0.3, -0.25) is 5.10 Å². The highest BCUT2D eigenvalue weighted by atomic mass is 35.5. The Kier molecular flexibility index (Phi) is 3.40. The molecule has 1 saturated heterocycles. The van der Waals surface area contributed by atoms with E-state index in [-0.39, 0.29) is 6.04 Å². The second kappa shape index (κ2) is 5.19. The van der Waals surface area contributed by atoms with E-state index < -0.39 is 0 Å². The number of para-hydroxylation sites is 1. The highest BCUT2D eigenvalue weighted by molar-refractivity contribution is 6.32. The van der Waals surface area contributed by atoms with Crippen LogP contribution in [0.15, 0.2) is 18.2 Å². The van der Waals surface area contributed by atoms with Crippen LogP contribution < -0.4 is 10.1 Å². The standard InChI is InChI=1S/C13H15ClN4O/c1-19-11-8(4-2-5-9(11)14)12-16-13(18-17-12)10-6-3-7-15-10/h2,4-5,10,15H,3,6-7H2,1H3,(H,16,17,18)/t10-/m0/s1. The number of nitrogens with one attached hydrogen (secondary N) is 2. The van der Waals surface area contributed by atoms with Gasteiger partial charge in [0.25, 0.3) is 0 Å². The molecule has 1 fully saturated rings. The first kappa shape index (κ1) is 12.4. The van der Waals surface area contributed by atoms with Gasteiger partial charge in [-0.15, -0.1) is 0 Å². The number of hydrogen-bond acceptors (Lipinski definition) is 4. The molecule has 0 radical (unpaired) electrons. The van der Waals surface area contributed by atoms with Crippen LogP contribution in [0.4, 0.5) is 0 Å². The van der Waals surface area contributed by atoms with E-state index in [4.69, 9.17) is 16.3 Å². The topological polar surface area (TPSA) is 62.8 Å². The summed E-state index contributed by atoms with van der Waals surface area (Å²) < 4.78 is 5.32. The molecule has 3 rings (SSSR count). The summed E-state index contributed by atoms with van der Waals surface area (Å²) in [5.74, 6) is 2.09. The number of aromatic nitrogens is 3. The van der Waals surface area contributed by atoms with E-state index in [2.05, 4.69) is 20.5 Å². The summed E-state index contributed by atoms with van der Waals surface area (Å²) in [5, 5.41) is 11.2. The van der Waals surface area contributed by atoms with E-state index in [9.17, 15) is 0 Å². The summed E-state index contributed by atoms with van der Waals surface area (Å²) in [5.41, 5.74) is 0.801. The number of ether oxygens (including phenoxy) is 1. The first-order valence-corrected chi connectivity index (χ1v) is 6.66. The fourth-order valence-corrected chi connectivity index (χ4v) is 2.61. The number of aromatic amines is 1. The normalized spacial score (nSPS) is 18.7. The predicted molar refractivity (Wildman–Crippen MR) is 73.4 cm³/mol. The van der Waals surface area contributed by atoms with E-state index in [0.717, 1.165) is 24.4 Å². The monoisotopic (exact) mass is 278 g/mol. The van der Waals surface area contributed by atoms with Crippen LogP contribution in [0.2, 0.25) is 5.02 Å². The minimum Gasteiger partial charge on any atom is -0.494 e. The molecule has 0 spiro atoms. The van der Waals surface area contributed by atoms with Gasteiger partial charge in [0.15, 0.2) is 5.82 Å². The van der Waals surface area contributed by atoms with Crippen LogP contribution in [0.3, 0.4) is 0 Å². The van der Waals surface area contributed by atoms with Gasteiger partial charge in [-0.1, -0.05) is 17.7 Å². The van der Waals surface area contributed by atoms with Gasteiger partial charge in [0.2, 0.25) is 0 Å². The first-order chi connectivity index (χ1) is 9.29. The highest BCUT2D eigenvalue weighted by Crippen LogP contribution is 2.34. The maximum atomic E-state index is 6.11. The van der Waals surface area contributed by atoms with Gasteiger partial charge >= 0.3 is 0 Å². The van der Waals surface area contributed by atoms with Gasteiger partial charge in [0.1, 0.15) is 11.6 Å². The molecule has 1 atom stereocenters. The second-order valence-electron chi connectivity index (χ2n) is 4.51. The number of benzene rings is 1. The van der Waals surface area contributed by atoms with E-state index in [1.54, 1.807) is 13.2 Å². The summed E-state index contributed by atoms with van der Waals surface area (Å²) >= 11 is 6.11. The Morgan fingerprint density at radius 3 is 3.05 bits per heavy atom. The number of hydrogen-bond donors (Lipinski definition) is 2. The Balaban J connectivity index is 1.96. The van der Waals surface area contributed by atoms with Crippen LogP contribution in [-0.2, 0) is 0 Å². The third kappa shape index (κ3) is 2.31. The lowest BCUT2D eigenvalue weighted by molar-refractivity contribution is 0.416. The SMILES string of the molecule is COc1c(Cl)cccc1-c1n[nH]c([C@@H]2CCCN2)n1. The van der Waals surface area contributed by atoms with Crippen molar-refractivity contribution >= 4 is 11.6 Å². The molecule has 0 aliphatic carbocycles. The van der Waals surface area contributed by atoms with Gasteiger partial charge in [-0.2, -0.15) is 5.10 Å². The summed E-state index contributed by atoms with van der Waals surface area (Å²) in [4.78, 5) is 4.54. The fourth-order valence-electron chi connectivity index (χ4n) is 2.36.